The lowest BCUT2D eigenvalue weighted by atomic mass is 10.2. The lowest BCUT2D eigenvalue weighted by molar-refractivity contribution is 0.460. The van der Waals surface area contributed by atoms with Crippen LogP contribution in [0.4, 0.5) is 0 Å². The van der Waals surface area contributed by atoms with E-state index in [9.17, 15) is 0 Å². The fraction of sp³-hybridized carbons (Fsp3) is 0.455. The molecule has 1 aromatic heterocycles. The highest BCUT2D eigenvalue weighted by atomic mass is 79.9. The molecule has 0 amide bonds. The second-order valence-electron chi connectivity index (χ2n) is 3.08. The van der Waals surface area contributed by atoms with Gasteiger partial charge in [-0.15, -0.1) is 6.42 Å². The Kier molecular flexibility index (Phi) is 4.78. The molecule has 3 heteroatoms. The molecule has 0 aliphatic carbocycles. The van der Waals surface area contributed by atoms with Gasteiger partial charge in [-0.25, -0.2) is 0 Å². The lowest BCUT2D eigenvalue weighted by Gasteiger charge is -2.10. The second kappa shape index (κ2) is 5.90. The van der Waals surface area contributed by atoms with E-state index in [1.165, 1.54) is 0 Å². The molecular weight excluding hydrogens is 242 g/mol. The maximum Gasteiger partial charge on any atom is 0.131 e. The first-order valence-corrected chi connectivity index (χ1v) is 5.48. The zero-order valence-corrected chi connectivity index (χ0v) is 9.80. The molecule has 0 radical (unpaired) electrons. The van der Waals surface area contributed by atoms with Gasteiger partial charge in [-0.2, -0.15) is 0 Å². The monoisotopic (exact) mass is 255 g/mol. The zero-order chi connectivity index (χ0) is 10.4. The van der Waals surface area contributed by atoms with E-state index >= 15 is 0 Å². The molecule has 2 nitrogen and oxygen atoms in total. The maximum atomic E-state index is 5.38. The molecule has 1 atom stereocenters. The van der Waals surface area contributed by atoms with Crippen LogP contribution in [0.15, 0.2) is 21.2 Å². The summed E-state index contributed by atoms with van der Waals surface area (Å²) in [5.41, 5.74) is 0. The van der Waals surface area contributed by atoms with Crippen LogP contribution in [0.2, 0.25) is 0 Å². The molecule has 0 aliphatic heterocycles. The highest BCUT2D eigenvalue weighted by molar-refractivity contribution is 9.10. The first-order chi connectivity index (χ1) is 6.77. The summed E-state index contributed by atoms with van der Waals surface area (Å²) >= 11 is 3.39. The number of furan rings is 1. The van der Waals surface area contributed by atoms with Gasteiger partial charge in [-0.3, -0.25) is 5.32 Å². The summed E-state index contributed by atoms with van der Waals surface area (Å²) in [5, 5.41) is 3.25. The average Bonchev–Trinajstić information content (AvgIpc) is 2.59. The highest BCUT2D eigenvalue weighted by Crippen LogP contribution is 2.17. The second-order valence-corrected chi connectivity index (χ2v) is 3.93. The van der Waals surface area contributed by atoms with Crippen LogP contribution < -0.4 is 5.32 Å². The fourth-order valence-electron chi connectivity index (χ4n) is 1.20. The van der Waals surface area contributed by atoms with Gasteiger partial charge < -0.3 is 4.42 Å². The van der Waals surface area contributed by atoms with E-state index < -0.39 is 0 Å². The van der Waals surface area contributed by atoms with E-state index in [1.807, 2.05) is 6.07 Å². The first kappa shape index (κ1) is 11.4. The van der Waals surface area contributed by atoms with E-state index in [-0.39, 0.29) is 6.04 Å². The van der Waals surface area contributed by atoms with Crippen molar-refractivity contribution in [3.8, 4) is 12.3 Å². The summed E-state index contributed by atoms with van der Waals surface area (Å²) in [4.78, 5) is 0. The normalized spacial score (nSPS) is 12.4. The summed E-state index contributed by atoms with van der Waals surface area (Å²) < 4.78 is 6.24. The minimum atomic E-state index is 0.136. The van der Waals surface area contributed by atoms with Gasteiger partial charge in [0.25, 0.3) is 0 Å². The van der Waals surface area contributed by atoms with Crippen molar-refractivity contribution in [1.29, 1.82) is 0 Å². The predicted molar refractivity (Wildman–Crippen MR) is 60.8 cm³/mol. The van der Waals surface area contributed by atoms with Crippen molar-refractivity contribution in [1.82, 2.24) is 5.32 Å². The van der Waals surface area contributed by atoms with Crippen LogP contribution >= 0.6 is 15.9 Å². The molecule has 0 saturated heterocycles. The van der Waals surface area contributed by atoms with Crippen LogP contribution in [-0.2, 0) is 6.54 Å². The number of rotatable bonds is 5. The molecule has 1 rings (SSSR count). The minimum Gasteiger partial charge on any atom is -0.467 e. The molecule has 0 aromatic carbocycles. The van der Waals surface area contributed by atoms with E-state index in [0.29, 0.717) is 6.54 Å². The van der Waals surface area contributed by atoms with Gasteiger partial charge in [0.2, 0.25) is 0 Å². The summed E-state index contributed by atoms with van der Waals surface area (Å²) in [6, 6.07) is 2.01. The van der Waals surface area contributed by atoms with Crippen LogP contribution in [0.5, 0.6) is 0 Å². The number of hydrogen-bond acceptors (Lipinski definition) is 2. The van der Waals surface area contributed by atoms with Gasteiger partial charge in [0.15, 0.2) is 0 Å². The predicted octanol–water partition coefficient (Wildman–Crippen LogP) is 2.93. The summed E-state index contributed by atoms with van der Waals surface area (Å²) in [5.74, 6) is 3.61. The van der Waals surface area contributed by atoms with Crippen LogP contribution in [0, 0.1) is 12.3 Å². The molecule has 0 bridgehead atoms. The molecule has 14 heavy (non-hydrogen) atoms. The Morgan fingerprint density at radius 1 is 1.71 bits per heavy atom. The van der Waals surface area contributed by atoms with E-state index in [1.54, 1.807) is 6.26 Å². The Labute approximate surface area is 93.2 Å². The van der Waals surface area contributed by atoms with E-state index in [2.05, 4.69) is 34.1 Å². The molecular formula is C11H14BrNO. The highest BCUT2D eigenvalue weighted by Gasteiger charge is 2.06. The van der Waals surface area contributed by atoms with Crippen molar-refractivity contribution < 1.29 is 4.42 Å². The van der Waals surface area contributed by atoms with Gasteiger partial charge in [0, 0.05) is 0 Å². The molecule has 1 N–H and O–H groups in total. The number of terminal acetylenes is 1. The third-order valence-corrected chi connectivity index (χ3v) is 2.69. The van der Waals surface area contributed by atoms with Crippen molar-refractivity contribution >= 4 is 15.9 Å². The number of nitrogens with one attached hydrogen (secondary N) is 1. The molecule has 0 aliphatic rings. The Morgan fingerprint density at radius 2 is 2.50 bits per heavy atom. The first-order valence-electron chi connectivity index (χ1n) is 4.69. The minimum absolute atomic E-state index is 0.136. The largest absolute Gasteiger partial charge is 0.467 e. The standard InChI is InChI=1S/C11H14BrNO/c1-3-5-9(4-2)13-8-11-10(12)6-7-14-11/h2,6-7,9,13H,3,5,8H2,1H3. The molecule has 1 unspecified atom stereocenters. The summed E-state index contributed by atoms with van der Waals surface area (Å²) in [6.07, 6.45) is 9.12. The molecule has 0 saturated carbocycles. The smallest absolute Gasteiger partial charge is 0.131 e. The van der Waals surface area contributed by atoms with Crippen molar-refractivity contribution in [3.63, 3.8) is 0 Å². The lowest BCUT2D eigenvalue weighted by Crippen LogP contribution is -2.26. The topological polar surface area (TPSA) is 25.2 Å². The zero-order valence-electron chi connectivity index (χ0n) is 8.22. The fourth-order valence-corrected chi connectivity index (χ4v) is 1.54. The summed E-state index contributed by atoms with van der Waals surface area (Å²) in [6.45, 7) is 2.79. The Balaban J connectivity index is 2.40. The van der Waals surface area contributed by atoms with Crippen LogP contribution in [0.25, 0.3) is 0 Å². The summed E-state index contributed by atoms with van der Waals surface area (Å²) in [7, 11) is 0. The Hall–Kier alpha value is -0.720. The maximum absolute atomic E-state index is 5.38. The van der Waals surface area contributed by atoms with Crippen molar-refractivity contribution in [2.75, 3.05) is 0 Å². The van der Waals surface area contributed by atoms with E-state index in [0.717, 1.165) is 23.1 Å². The van der Waals surface area contributed by atoms with Gasteiger partial charge in [0.05, 0.1) is 23.3 Å². The Morgan fingerprint density at radius 3 is 3.00 bits per heavy atom. The van der Waals surface area contributed by atoms with Crippen molar-refractivity contribution in [3.05, 3.63) is 22.6 Å². The molecule has 1 aromatic rings. The molecule has 76 valence electrons. The van der Waals surface area contributed by atoms with Gasteiger partial charge in [-0.05, 0) is 28.4 Å². The Bertz CT molecular complexity index is 313. The third kappa shape index (κ3) is 3.21. The number of hydrogen-bond donors (Lipinski definition) is 1. The average molecular weight is 256 g/mol. The van der Waals surface area contributed by atoms with Crippen molar-refractivity contribution in [2.45, 2.75) is 32.4 Å². The third-order valence-electron chi connectivity index (χ3n) is 1.98. The van der Waals surface area contributed by atoms with Gasteiger partial charge in [0.1, 0.15) is 5.76 Å². The number of halogens is 1. The SMILES string of the molecule is C#CC(CCC)NCc1occc1Br. The van der Waals surface area contributed by atoms with Gasteiger partial charge in [-0.1, -0.05) is 19.3 Å². The van der Waals surface area contributed by atoms with Crippen LogP contribution in [0.1, 0.15) is 25.5 Å². The molecule has 0 fully saturated rings. The van der Waals surface area contributed by atoms with Gasteiger partial charge >= 0.3 is 0 Å². The van der Waals surface area contributed by atoms with E-state index in [4.69, 9.17) is 10.8 Å². The van der Waals surface area contributed by atoms with Crippen molar-refractivity contribution in [2.24, 2.45) is 0 Å². The van der Waals surface area contributed by atoms with Crippen LogP contribution in [0.3, 0.4) is 0 Å². The quantitative estimate of drug-likeness (QED) is 0.819. The van der Waals surface area contributed by atoms with Crippen LogP contribution in [-0.4, -0.2) is 6.04 Å². The molecule has 0 spiro atoms. The molecule has 1 heterocycles.